The molecule has 3 aromatic carbocycles. The predicted molar refractivity (Wildman–Crippen MR) is 136 cm³/mol. The third-order valence-electron chi connectivity index (χ3n) is 5.23. The monoisotopic (exact) mass is 532 g/mol. The molecule has 192 valence electrons. The number of hydrogen-bond donors (Lipinski definition) is 4. The number of primary amides is 1. The van der Waals surface area contributed by atoms with E-state index in [1.165, 1.54) is 30.3 Å². The third kappa shape index (κ3) is 6.28. The second-order valence-electron chi connectivity index (χ2n) is 7.86. The summed E-state index contributed by atoms with van der Waals surface area (Å²) in [6, 6.07) is 20.1. The molecule has 4 aromatic rings. The van der Waals surface area contributed by atoms with Gasteiger partial charge in [0.15, 0.2) is 15.5 Å². The van der Waals surface area contributed by atoms with Crippen LogP contribution in [0, 0.1) is 11.3 Å². The SMILES string of the molecule is CS(=O)(=O)c1ccc(-c2[nH]nc(C(N)=O)c2-c2ccc(C#N)cc2)cc1.O=C(O)c1cccc(C(=O)O)c1. The van der Waals surface area contributed by atoms with Gasteiger partial charge in [-0.1, -0.05) is 30.3 Å². The molecule has 4 rings (SSSR count). The number of carbonyl (C=O) groups excluding carboxylic acids is 1. The van der Waals surface area contributed by atoms with Crippen LogP contribution in [0.15, 0.2) is 77.7 Å². The molecule has 12 heteroatoms. The van der Waals surface area contributed by atoms with Gasteiger partial charge in [-0.15, -0.1) is 0 Å². The summed E-state index contributed by atoms with van der Waals surface area (Å²) >= 11 is 0. The van der Waals surface area contributed by atoms with Crippen LogP contribution in [0.5, 0.6) is 0 Å². The fourth-order valence-electron chi connectivity index (χ4n) is 3.38. The van der Waals surface area contributed by atoms with Crippen LogP contribution < -0.4 is 5.73 Å². The van der Waals surface area contributed by atoms with Crippen molar-refractivity contribution in [2.45, 2.75) is 4.90 Å². The Bertz CT molecular complexity index is 1640. The molecule has 0 fully saturated rings. The highest BCUT2D eigenvalue weighted by Gasteiger charge is 2.20. The van der Waals surface area contributed by atoms with E-state index < -0.39 is 27.7 Å². The van der Waals surface area contributed by atoms with E-state index in [1.807, 2.05) is 6.07 Å². The summed E-state index contributed by atoms with van der Waals surface area (Å²) < 4.78 is 23.2. The van der Waals surface area contributed by atoms with Crippen LogP contribution >= 0.6 is 0 Å². The van der Waals surface area contributed by atoms with Gasteiger partial charge in [0.1, 0.15) is 0 Å². The number of benzene rings is 3. The van der Waals surface area contributed by atoms with E-state index in [-0.39, 0.29) is 21.7 Å². The minimum Gasteiger partial charge on any atom is -0.478 e. The van der Waals surface area contributed by atoms with E-state index in [4.69, 9.17) is 21.2 Å². The standard InChI is InChI=1S/C18H14N4O3S.C8H6O4/c1-26(24,25)14-8-6-13(7-9-14)16-15(17(18(20)23)22-21-16)12-4-2-11(10-19)3-5-12;9-7(10)5-2-1-3-6(4-5)8(11)12/h2-9H,1H3,(H2,20,23)(H,21,22);1-4H,(H,9,10)(H,11,12). The highest BCUT2D eigenvalue weighted by Crippen LogP contribution is 2.33. The Labute approximate surface area is 216 Å². The van der Waals surface area contributed by atoms with Crippen LogP contribution in [-0.4, -0.2) is 52.9 Å². The average Bonchev–Trinajstić information content (AvgIpc) is 3.34. The molecule has 0 aliphatic heterocycles. The van der Waals surface area contributed by atoms with E-state index >= 15 is 0 Å². The number of sulfone groups is 1. The molecule has 1 amide bonds. The van der Waals surface area contributed by atoms with Gasteiger partial charge in [-0.05, 0) is 48.0 Å². The van der Waals surface area contributed by atoms with Gasteiger partial charge in [-0.3, -0.25) is 9.89 Å². The molecule has 0 aliphatic rings. The number of aromatic carboxylic acids is 2. The van der Waals surface area contributed by atoms with Gasteiger partial charge in [-0.25, -0.2) is 18.0 Å². The summed E-state index contributed by atoms with van der Waals surface area (Å²) in [5.41, 5.74) is 8.28. The van der Waals surface area contributed by atoms with Crippen LogP contribution in [0.2, 0.25) is 0 Å². The molecule has 11 nitrogen and oxygen atoms in total. The fourth-order valence-corrected chi connectivity index (χ4v) is 4.01. The zero-order valence-corrected chi connectivity index (χ0v) is 20.6. The lowest BCUT2D eigenvalue weighted by Crippen LogP contribution is -2.12. The van der Waals surface area contributed by atoms with E-state index in [9.17, 15) is 22.8 Å². The molecular formula is C26H20N4O7S. The summed E-state index contributed by atoms with van der Waals surface area (Å²) in [6.07, 6.45) is 1.13. The number of nitrogens with zero attached hydrogens (tertiary/aromatic N) is 2. The van der Waals surface area contributed by atoms with Crippen molar-refractivity contribution in [1.29, 1.82) is 5.26 Å². The minimum atomic E-state index is -3.31. The van der Waals surface area contributed by atoms with Crippen molar-refractivity contribution in [2.75, 3.05) is 6.26 Å². The Hall–Kier alpha value is -5.28. The number of carboxylic acids is 2. The number of nitrogens with one attached hydrogen (secondary N) is 1. The summed E-state index contributed by atoms with van der Waals surface area (Å²) in [7, 11) is -3.31. The van der Waals surface area contributed by atoms with Crippen LogP contribution in [0.25, 0.3) is 22.4 Å². The van der Waals surface area contributed by atoms with Crippen molar-refractivity contribution in [3.63, 3.8) is 0 Å². The Morgan fingerprint density at radius 3 is 1.87 bits per heavy atom. The number of carboxylic acid groups (broad SMARTS) is 2. The van der Waals surface area contributed by atoms with Crippen molar-refractivity contribution in [2.24, 2.45) is 5.73 Å². The predicted octanol–water partition coefficient (Wildman–Crippen LogP) is 3.20. The minimum absolute atomic E-state index is 0.0186. The topological polar surface area (TPSA) is 204 Å². The first-order valence-corrected chi connectivity index (χ1v) is 12.6. The zero-order chi connectivity index (χ0) is 28.0. The van der Waals surface area contributed by atoms with Crippen LogP contribution in [-0.2, 0) is 9.84 Å². The smallest absolute Gasteiger partial charge is 0.335 e. The molecule has 0 radical (unpaired) electrons. The van der Waals surface area contributed by atoms with Crippen molar-refractivity contribution in [1.82, 2.24) is 10.2 Å². The van der Waals surface area contributed by atoms with Crippen LogP contribution in [0.3, 0.4) is 0 Å². The Kier molecular flexibility index (Phi) is 8.04. The van der Waals surface area contributed by atoms with Crippen molar-refractivity contribution >= 4 is 27.7 Å². The highest BCUT2D eigenvalue weighted by molar-refractivity contribution is 7.90. The van der Waals surface area contributed by atoms with Gasteiger partial charge >= 0.3 is 11.9 Å². The molecule has 1 heterocycles. The first-order chi connectivity index (χ1) is 17.9. The lowest BCUT2D eigenvalue weighted by Gasteiger charge is -2.06. The molecule has 0 aliphatic carbocycles. The molecule has 0 spiro atoms. The summed E-state index contributed by atoms with van der Waals surface area (Å²) in [4.78, 5) is 32.7. The maximum atomic E-state index is 11.8. The van der Waals surface area contributed by atoms with Crippen LogP contribution in [0.1, 0.15) is 36.8 Å². The number of aromatic amines is 1. The van der Waals surface area contributed by atoms with Crippen molar-refractivity contribution in [3.05, 3.63) is 95.2 Å². The maximum absolute atomic E-state index is 11.8. The molecule has 0 atom stereocenters. The van der Waals surface area contributed by atoms with E-state index in [0.29, 0.717) is 27.9 Å². The number of carbonyl (C=O) groups is 3. The van der Waals surface area contributed by atoms with E-state index in [1.54, 1.807) is 36.4 Å². The zero-order valence-electron chi connectivity index (χ0n) is 19.7. The van der Waals surface area contributed by atoms with Gasteiger partial charge in [-0.2, -0.15) is 10.4 Å². The van der Waals surface area contributed by atoms with Gasteiger partial charge < -0.3 is 15.9 Å². The quantitative estimate of drug-likeness (QED) is 0.287. The van der Waals surface area contributed by atoms with Gasteiger partial charge in [0, 0.05) is 17.4 Å². The number of rotatable bonds is 6. The Morgan fingerprint density at radius 1 is 0.895 bits per heavy atom. The molecule has 0 saturated carbocycles. The Balaban J connectivity index is 0.000000279. The largest absolute Gasteiger partial charge is 0.478 e. The molecule has 0 bridgehead atoms. The van der Waals surface area contributed by atoms with Gasteiger partial charge in [0.25, 0.3) is 5.91 Å². The molecular weight excluding hydrogens is 512 g/mol. The number of nitriles is 1. The lowest BCUT2D eigenvalue weighted by atomic mass is 9.98. The first-order valence-electron chi connectivity index (χ1n) is 10.7. The lowest BCUT2D eigenvalue weighted by molar-refractivity contribution is 0.0696. The number of aromatic nitrogens is 2. The highest BCUT2D eigenvalue weighted by atomic mass is 32.2. The summed E-state index contributed by atoms with van der Waals surface area (Å²) in [5.74, 6) is -2.95. The third-order valence-corrected chi connectivity index (χ3v) is 6.36. The molecule has 5 N–H and O–H groups in total. The normalized spacial score (nSPS) is 10.5. The number of H-pyrrole nitrogens is 1. The number of hydrogen-bond acceptors (Lipinski definition) is 7. The fraction of sp³-hybridized carbons (Fsp3) is 0.0385. The summed E-state index contributed by atoms with van der Waals surface area (Å²) in [5, 5.41) is 32.7. The van der Waals surface area contributed by atoms with Crippen molar-refractivity contribution in [3.8, 4) is 28.5 Å². The van der Waals surface area contributed by atoms with Crippen LogP contribution in [0.4, 0.5) is 0 Å². The maximum Gasteiger partial charge on any atom is 0.335 e. The molecule has 1 aromatic heterocycles. The van der Waals surface area contributed by atoms with E-state index in [2.05, 4.69) is 10.2 Å². The van der Waals surface area contributed by atoms with Gasteiger partial charge in [0.05, 0.1) is 33.3 Å². The summed E-state index contributed by atoms with van der Waals surface area (Å²) in [6.45, 7) is 0. The second kappa shape index (κ2) is 11.2. The molecule has 0 saturated heterocycles. The van der Waals surface area contributed by atoms with E-state index in [0.717, 1.165) is 12.3 Å². The molecule has 38 heavy (non-hydrogen) atoms. The van der Waals surface area contributed by atoms with Gasteiger partial charge in [0.2, 0.25) is 0 Å². The first kappa shape index (κ1) is 27.3. The molecule has 0 unspecified atom stereocenters. The second-order valence-corrected chi connectivity index (χ2v) is 9.88. The van der Waals surface area contributed by atoms with Crippen molar-refractivity contribution < 1.29 is 33.0 Å². The average molecular weight is 533 g/mol. The number of nitrogens with two attached hydrogens (primary N) is 1. The Morgan fingerprint density at radius 2 is 1.42 bits per heavy atom. The number of amides is 1.